The number of piperidine rings is 1. The Morgan fingerprint density at radius 1 is 1.12 bits per heavy atom. The van der Waals surface area contributed by atoms with Crippen LogP contribution in [0.3, 0.4) is 0 Å². The number of anilines is 1. The third-order valence-corrected chi connectivity index (χ3v) is 6.57. The summed E-state index contributed by atoms with van der Waals surface area (Å²) in [6.07, 6.45) is 3.47. The number of amides is 1. The predicted octanol–water partition coefficient (Wildman–Crippen LogP) is 3.31. The molecule has 3 heterocycles. The van der Waals surface area contributed by atoms with Crippen molar-refractivity contribution in [1.82, 2.24) is 14.4 Å². The second-order valence-electron chi connectivity index (χ2n) is 9.93. The van der Waals surface area contributed by atoms with Gasteiger partial charge in [-0.15, -0.1) is 0 Å². The fourth-order valence-electron chi connectivity index (χ4n) is 4.89. The van der Waals surface area contributed by atoms with Gasteiger partial charge in [0.15, 0.2) is 0 Å². The Kier molecular flexibility index (Phi) is 6.13. The van der Waals surface area contributed by atoms with Gasteiger partial charge < -0.3 is 24.2 Å². The molecule has 4 rings (SSSR count). The summed E-state index contributed by atoms with van der Waals surface area (Å²) in [6, 6.07) is 3.72. The average molecular weight is 460 g/mol. The number of piperazine rings is 1. The van der Waals surface area contributed by atoms with Crippen LogP contribution >= 0.6 is 0 Å². The number of ether oxygens (including phenoxy) is 1. The molecule has 0 aliphatic carbocycles. The van der Waals surface area contributed by atoms with Crippen molar-refractivity contribution in [3.63, 3.8) is 0 Å². The molecule has 33 heavy (non-hydrogen) atoms. The van der Waals surface area contributed by atoms with Gasteiger partial charge in [0.1, 0.15) is 11.0 Å². The van der Waals surface area contributed by atoms with Gasteiger partial charge in [0, 0.05) is 75.7 Å². The lowest BCUT2D eigenvalue weighted by Gasteiger charge is -2.43. The van der Waals surface area contributed by atoms with Crippen LogP contribution in [0.5, 0.6) is 5.88 Å². The number of fused-ring (bicyclic) bond motifs is 1. The Labute approximate surface area is 193 Å². The van der Waals surface area contributed by atoms with E-state index < -0.39 is 10.5 Å². The first-order chi connectivity index (χ1) is 15.5. The zero-order valence-electron chi connectivity index (χ0n) is 19.8. The highest BCUT2D eigenvalue weighted by Gasteiger charge is 2.32. The number of non-ortho nitro benzene ring substituents is 1. The molecule has 0 unspecified atom stereocenters. The number of hydrogen-bond donors (Lipinski definition) is 1. The van der Waals surface area contributed by atoms with Gasteiger partial charge in [-0.25, -0.2) is 4.79 Å². The lowest BCUT2D eigenvalue weighted by atomic mass is 10.0. The molecule has 1 aromatic carbocycles. The summed E-state index contributed by atoms with van der Waals surface area (Å²) in [4.78, 5) is 29.8. The van der Waals surface area contributed by atoms with Crippen molar-refractivity contribution in [2.45, 2.75) is 45.3 Å². The molecule has 2 fully saturated rings. The van der Waals surface area contributed by atoms with Crippen LogP contribution in [0.1, 0.15) is 33.6 Å². The van der Waals surface area contributed by atoms with E-state index in [1.165, 1.54) is 10.6 Å². The normalized spacial score (nSPS) is 18.7. The summed E-state index contributed by atoms with van der Waals surface area (Å²) in [7, 11) is 1.69. The first-order valence-electron chi connectivity index (χ1n) is 11.5. The molecule has 2 aliphatic rings. The summed E-state index contributed by atoms with van der Waals surface area (Å²) in [5.41, 5.74) is 0.351. The predicted molar refractivity (Wildman–Crippen MR) is 126 cm³/mol. The maximum Gasteiger partial charge on any atom is 0.410 e. The number of nitro benzene ring substituents is 1. The molecule has 0 radical (unpaired) electrons. The molecule has 1 N–H and O–H groups in total. The van der Waals surface area contributed by atoms with Crippen molar-refractivity contribution < 1.29 is 19.6 Å². The van der Waals surface area contributed by atoms with Gasteiger partial charge in [-0.2, -0.15) is 0 Å². The number of carbonyl (C=O) groups excluding carboxylic acids is 1. The Morgan fingerprint density at radius 3 is 2.33 bits per heavy atom. The van der Waals surface area contributed by atoms with Crippen LogP contribution in [0.2, 0.25) is 0 Å². The van der Waals surface area contributed by atoms with Gasteiger partial charge >= 0.3 is 6.09 Å². The quantitative estimate of drug-likeness (QED) is 0.555. The number of benzene rings is 1. The maximum absolute atomic E-state index is 12.3. The zero-order chi connectivity index (χ0) is 23.9. The minimum Gasteiger partial charge on any atom is -0.494 e. The van der Waals surface area contributed by atoms with Crippen molar-refractivity contribution in [1.29, 1.82) is 0 Å². The summed E-state index contributed by atoms with van der Waals surface area (Å²) >= 11 is 0. The first-order valence-corrected chi connectivity index (χ1v) is 11.5. The van der Waals surface area contributed by atoms with Crippen LogP contribution in [0.15, 0.2) is 18.3 Å². The molecule has 2 saturated heterocycles. The van der Waals surface area contributed by atoms with Gasteiger partial charge in [-0.05, 0) is 39.7 Å². The molecule has 180 valence electrons. The largest absolute Gasteiger partial charge is 0.494 e. The molecular weight excluding hydrogens is 426 g/mol. The first kappa shape index (κ1) is 23.2. The lowest BCUT2D eigenvalue weighted by Crippen LogP contribution is -2.55. The summed E-state index contributed by atoms with van der Waals surface area (Å²) in [6.45, 7) is 10.3. The molecule has 10 heteroatoms. The third-order valence-electron chi connectivity index (χ3n) is 6.57. The zero-order valence-corrected chi connectivity index (χ0v) is 19.8. The summed E-state index contributed by atoms with van der Waals surface area (Å²) in [5.74, 6) is -0.0868. The molecule has 0 bridgehead atoms. The van der Waals surface area contributed by atoms with Crippen LogP contribution in [0, 0.1) is 10.1 Å². The fourth-order valence-corrected chi connectivity index (χ4v) is 4.89. The van der Waals surface area contributed by atoms with Crippen LogP contribution in [0.4, 0.5) is 16.2 Å². The van der Waals surface area contributed by atoms with Crippen LogP contribution in [-0.2, 0) is 11.8 Å². The van der Waals surface area contributed by atoms with E-state index in [1.54, 1.807) is 24.2 Å². The molecule has 0 atom stereocenters. The number of nitrogens with zero attached hydrogens (tertiary/aromatic N) is 5. The van der Waals surface area contributed by atoms with E-state index in [9.17, 15) is 20.0 Å². The number of nitro groups is 1. The number of aromatic hydroxyl groups is 1. The van der Waals surface area contributed by atoms with E-state index in [1.807, 2.05) is 20.8 Å². The van der Waals surface area contributed by atoms with Gasteiger partial charge in [-0.3, -0.25) is 15.0 Å². The fraction of sp³-hybridized carbons (Fsp3) is 0.609. The van der Waals surface area contributed by atoms with Gasteiger partial charge in [-0.1, -0.05) is 0 Å². The molecular formula is C23H33N5O5. The molecule has 10 nitrogen and oxygen atoms in total. The molecule has 0 saturated carbocycles. The number of aromatic nitrogens is 1. The Hall–Kier alpha value is -3.01. The highest BCUT2D eigenvalue weighted by molar-refractivity contribution is 6.03. The summed E-state index contributed by atoms with van der Waals surface area (Å²) < 4.78 is 7.02. The monoisotopic (exact) mass is 459 g/mol. The lowest BCUT2D eigenvalue weighted by molar-refractivity contribution is -0.383. The van der Waals surface area contributed by atoms with Crippen molar-refractivity contribution >= 4 is 28.2 Å². The number of hydrogen-bond acceptors (Lipinski definition) is 7. The SMILES string of the molecule is Cn1cc2c(N3CCC(N4CCN(C(=O)OC(C)(C)C)CC4)CC3)ccc([N+](=O)[O-])c2c1O. The topological polar surface area (TPSA) is 104 Å². The van der Waals surface area contributed by atoms with Crippen LogP contribution in [-0.4, -0.2) is 81.4 Å². The van der Waals surface area contributed by atoms with E-state index in [-0.39, 0.29) is 17.7 Å². The van der Waals surface area contributed by atoms with E-state index in [4.69, 9.17) is 4.74 Å². The third kappa shape index (κ3) is 4.71. The van der Waals surface area contributed by atoms with Gasteiger partial charge in [0.2, 0.25) is 5.88 Å². The minimum absolute atomic E-state index is 0.0791. The average Bonchev–Trinajstić information content (AvgIpc) is 3.06. The number of carbonyl (C=O) groups is 1. The van der Waals surface area contributed by atoms with Crippen molar-refractivity contribution in [3.8, 4) is 5.88 Å². The molecule has 1 aromatic heterocycles. The molecule has 1 amide bonds. The highest BCUT2D eigenvalue weighted by atomic mass is 16.6. The second-order valence-corrected chi connectivity index (χ2v) is 9.93. The molecule has 2 aliphatic heterocycles. The Morgan fingerprint density at radius 2 is 1.76 bits per heavy atom. The molecule has 0 spiro atoms. The van der Waals surface area contributed by atoms with Crippen molar-refractivity contribution in [3.05, 3.63) is 28.4 Å². The molecule has 2 aromatic rings. The Bertz CT molecular complexity index is 1040. The van der Waals surface area contributed by atoms with E-state index in [0.29, 0.717) is 29.9 Å². The summed E-state index contributed by atoms with van der Waals surface area (Å²) in [5, 5.41) is 22.8. The maximum atomic E-state index is 12.3. The van der Waals surface area contributed by atoms with Crippen LogP contribution < -0.4 is 4.90 Å². The van der Waals surface area contributed by atoms with E-state index in [2.05, 4.69) is 9.80 Å². The Balaban J connectivity index is 1.39. The van der Waals surface area contributed by atoms with E-state index in [0.717, 1.165) is 44.7 Å². The van der Waals surface area contributed by atoms with Gasteiger partial charge in [0.05, 0.1) is 4.92 Å². The van der Waals surface area contributed by atoms with Crippen molar-refractivity contribution in [2.24, 2.45) is 7.05 Å². The number of aryl methyl sites for hydroxylation is 1. The standard InChI is InChI=1S/C23H33N5O5/c1-23(2,3)33-22(30)27-13-11-25(12-14-27)16-7-9-26(10-8-16)18-5-6-19(28(31)32)20-17(18)15-24(4)21(20)29/h5-6,15-16,29H,7-14H2,1-4H3. The van der Waals surface area contributed by atoms with Crippen LogP contribution in [0.25, 0.3) is 10.8 Å². The second kappa shape index (κ2) is 8.74. The van der Waals surface area contributed by atoms with Crippen molar-refractivity contribution in [2.75, 3.05) is 44.2 Å². The number of rotatable bonds is 3. The van der Waals surface area contributed by atoms with E-state index >= 15 is 0 Å². The highest BCUT2D eigenvalue weighted by Crippen LogP contribution is 2.40. The smallest absolute Gasteiger partial charge is 0.410 e. The minimum atomic E-state index is -0.486. The van der Waals surface area contributed by atoms with Gasteiger partial charge in [0.25, 0.3) is 5.69 Å².